The number of β-amino-alcohol motifs (C(OH)–C–C–N with tert-alkyl or cyclic N) is 1. The highest BCUT2D eigenvalue weighted by molar-refractivity contribution is 5.73. The Morgan fingerprint density at radius 3 is 2.50 bits per heavy atom. The van der Waals surface area contributed by atoms with Gasteiger partial charge in [-0.3, -0.25) is 14.6 Å². The number of hydrogen-bond acceptors (Lipinski definition) is 4. The molecule has 3 heterocycles. The molecule has 3 saturated heterocycles. The van der Waals surface area contributed by atoms with Crippen LogP contribution in [0.5, 0.6) is 0 Å². The van der Waals surface area contributed by atoms with Gasteiger partial charge in [-0.05, 0) is 19.3 Å². The highest BCUT2D eigenvalue weighted by Gasteiger charge is 2.57. The monoisotopic (exact) mass is 279 g/mol. The van der Waals surface area contributed by atoms with Crippen LogP contribution in [0.25, 0.3) is 0 Å². The minimum Gasteiger partial charge on any atom is -0.392 e. The second-order valence-electron chi connectivity index (χ2n) is 7.31. The van der Waals surface area contributed by atoms with E-state index < -0.39 is 0 Å². The zero-order valence-electron chi connectivity index (χ0n) is 12.3. The fraction of sp³-hybridized carbons (Fsp3) is 0.933. The summed E-state index contributed by atoms with van der Waals surface area (Å²) in [7, 11) is 0. The topological polar surface area (TPSA) is 47.0 Å². The maximum absolute atomic E-state index is 11.8. The number of rotatable bonds is 1. The molecule has 1 N–H and O–H groups in total. The van der Waals surface area contributed by atoms with E-state index in [0.29, 0.717) is 6.04 Å². The number of carbonyl (C=O) groups is 1. The van der Waals surface area contributed by atoms with Crippen molar-refractivity contribution in [3.63, 3.8) is 0 Å². The molecule has 1 aliphatic carbocycles. The van der Waals surface area contributed by atoms with Crippen LogP contribution >= 0.6 is 0 Å². The van der Waals surface area contributed by atoms with E-state index in [-0.39, 0.29) is 17.6 Å². The lowest BCUT2D eigenvalue weighted by Gasteiger charge is -2.63. The third-order valence-corrected chi connectivity index (χ3v) is 5.95. The first kappa shape index (κ1) is 13.0. The molecule has 4 fully saturated rings. The van der Waals surface area contributed by atoms with Crippen molar-refractivity contribution in [3.05, 3.63) is 0 Å². The molecule has 1 spiro atoms. The molecule has 4 rings (SSSR count). The van der Waals surface area contributed by atoms with Gasteiger partial charge >= 0.3 is 0 Å². The number of aliphatic hydroxyl groups excluding tert-OH is 1. The lowest BCUT2D eigenvalue weighted by Crippen LogP contribution is -2.79. The summed E-state index contributed by atoms with van der Waals surface area (Å²) in [6, 6.07) is 1.16. The van der Waals surface area contributed by atoms with Crippen molar-refractivity contribution in [1.29, 1.82) is 0 Å². The van der Waals surface area contributed by atoms with Gasteiger partial charge in [-0.15, -0.1) is 0 Å². The number of piperazine rings is 1. The van der Waals surface area contributed by atoms with Crippen LogP contribution in [0.15, 0.2) is 0 Å². The van der Waals surface area contributed by atoms with Gasteiger partial charge < -0.3 is 10.0 Å². The molecule has 0 aromatic rings. The summed E-state index contributed by atoms with van der Waals surface area (Å²) in [4.78, 5) is 18.9. The average molecular weight is 279 g/mol. The summed E-state index contributed by atoms with van der Waals surface area (Å²) in [5, 5.41) is 10.0. The van der Waals surface area contributed by atoms with Crippen LogP contribution in [-0.4, -0.2) is 82.2 Å². The molecular formula is C15H25N3O2. The van der Waals surface area contributed by atoms with Gasteiger partial charge in [0.25, 0.3) is 0 Å². The molecule has 5 heteroatoms. The molecule has 20 heavy (non-hydrogen) atoms. The van der Waals surface area contributed by atoms with E-state index in [2.05, 4.69) is 9.80 Å². The molecule has 0 unspecified atom stereocenters. The van der Waals surface area contributed by atoms with Crippen molar-refractivity contribution in [2.45, 2.75) is 56.3 Å². The Balaban J connectivity index is 1.52. The molecule has 1 amide bonds. The Kier molecular flexibility index (Phi) is 2.88. The smallest absolute Gasteiger partial charge is 0.219 e. The molecule has 0 bridgehead atoms. The largest absolute Gasteiger partial charge is 0.392 e. The van der Waals surface area contributed by atoms with E-state index in [1.807, 2.05) is 4.90 Å². The summed E-state index contributed by atoms with van der Waals surface area (Å²) in [5.74, 6) is 0.188. The van der Waals surface area contributed by atoms with Gasteiger partial charge in [0.2, 0.25) is 5.91 Å². The quantitative estimate of drug-likeness (QED) is 0.728. The molecule has 112 valence electrons. The lowest BCUT2D eigenvalue weighted by molar-refractivity contribution is -0.155. The van der Waals surface area contributed by atoms with Gasteiger partial charge in [-0.1, -0.05) is 6.42 Å². The number of fused-ring (bicyclic) bond motifs is 2. The molecule has 3 aliphatic heterocycles. The number of amides is 1. The zero-order valence-corrected chi connectivity index (χ0v) is 12.3. The van der Waals surface area contributed by atoms with Crippen molar-refractivity contribution in [2.75, 3.05) is 32.7 Å². The standard InChI is InChI=1S/C15H25N3O2/c1-11(19)16-6-13-5-14(20)7-18(13)15(8-16)9-17(10-15)12-3-2-4-12/h12-14,20H,2-10H2,1H3/t13-,14+/m0/s1. The predicted octanol–water partition coefficient (Wildman–Crippen LogP) is -0.109. The van der Waals surface area contributed by atoms with E-state index >= 15 is 0 Å². The van der Waals surface area contributed by atoms with Crippen LogP contribution in [0.4, 0.5) is 0 Å². The van der Waals surface area contributed by atoms with Crippen LogP contribution in [-0.2, 0) is 4.79 Å². The second-order valence-corrected chi connectivity index (χ2v) is 7.31. The van der Waals surface area contributed by atoms with E-state index in [9.17, 15) is 9.90 Å². The van der Waals surface area contributed by atoms with Gasteiger partial charge in [0.15, 0.2) is 0 Å². The molecule has 4 aliphatic rings. The fourth-order valence-corrected chi connectivity index (χ4v) is 4.65. The van der Waals surface area contributed by atoms with Crippen LogP contribution in [0.3, 0.4) is 0 Å². The van der Waals surface area contributed by atoms with Crippen molar-refractivity contribution >= 4 is 5.91 Å². The summed E-state index contributed by atoms with van der Waals surface area (Å²) < 4.78 is 0. The first-order valence-corrected chi connectivity index (χ1v) is 8.02. The Bertz CT molecular complexity index is 417. The molecule has 0 aromatic heterocycles. The first-order valence-electron chi connectivity index (χ1n) is 8.02. The second kappa shape index (κ2) is 4.42. The van der Waals surface area contributed by atoms with E-state index in [4.69, 9.17) is 0 Å². The SMILES string of the molecule is CC(=O)N1C[C@@H]2C[C@@H](O)CN2C2(C1)CN(C1CCC1)C2. The van der Waals surface area contributed by atoms with Gasteiger partial charge in [0.05, 0.1) is 11.6 Å². The van der Waals surface area contributed by atoms with E-state index in [0.717, 1.165) is 45.2 Å². The number of aliphatic hydroxyl groups is 1. The van der Waals surface area contributed by atoms with Crippen LogP contribution < -0.4 is 0 Å². The summed E-state index contributed by atoms with van der Waals surface area (Å²) in [5.41, 5.74) is 0.127. The van der Waals surface area contributed by atoms with Gasteiger partial charge in [0.1, 0.15) is 0 Å². The Hall–Kier alpha value is -0.650. The fourth-order valence-electron chi connectivity index (χ4n) is 4.65. The number of nitrogens with zero attached hydrogens (tertiary/aromatic N) is 3. The molecule has 0 radical (unpaired) electrons. The van der Waals surface area contributed by atoms with Gasteiger partial charge in [-0.2, -0.15) is 0 Å². The van der Waals surface area contributed by atoms with Gasteiger partial charge in [0, 0.05) is 51.7 Å². The lowest BCUT2D eigenvalue weighted by atomic mass is 9.79. The average Bonchev–Trinajstić information content (AvgIpc) is 2.64. The van der Waals surface area contributed by atoms with Crippen molar-refractivity contribution in [2.24, 2.45) is 0 Å². The maximum Gasteiger partial charge on any atom is 0.219 e. The predicted molar refractivity (Wildman–Crippen MR) is 75.3 cm³/mol. The van der Waals surface area contributed by atoms with Crippen LogP contribution in [0, 0.1) is 0 Å². The molecule has 1 saturated carbocycles. The summed E-state index contributed by atoms with van der Waals surface area (Å²) >= 11 is 0. The van der Waals surface area contributed by atoms with Crippen molar-refractivity contribution in [1.82, 2.24) is 14.7 Å². The highest BCUT2D eigenvalue weighted by atomic mass is 16.3. The van der Waals surface area contributed by atoms with E-state index in [1.165, 1.54) is 19.3 Å². The zero-order chi connectivity index (χ0) is 13.9. The third-order valence-electron chi connectivity index (χ3n) is 5.95. The maximum atomic E-state index is 11.8. The van der Waals surface area contributed by atoms with Gasteiger partial charge in [-0.25, -0.2) is 0 Å². The third kappa shape index (κ3) is 1.83. The van der Waals surface area contributed by atoms with Crippen LogP contribution in [0.1, 0.15) is 32.6 Å². The molecule has 0 aromatic carbocycles. The summed E-state index contributed by atoms with van der Waals surface area (Å²) in [6.45, 7) is 6.31. The number of carbonyl (C=O) groups excluding carboxylic acids is 1. The highest BCUT2D eigenvalue weighted by Crippen LogP contribution is 2.42. The summed E-state index contributed by atoms with van der Waals surface area (Å²) in [6.07, 6.45) is 4.69. The Morgan fingerprint density at radius 2 is 1.90 bits per heavy atom. The molecule has 5 nitrogen and oxygen atoms in total. The normalized spacial score (nSPS) is 37.6. The molecular weight excluding hydrogens is 254 g/mol. The van der Waals surface area contributed by atoms with Crippen LogP contribution in [0.2, 0.25) is 0 Å². The minimum atomic E-state index is -0.207. The Labute approximate surface area is 120 Å². The Morgan fingerprint density at radius 1 is 1.15 bits per heavy atom. The minimum absolute atomic E-state index is 0.127. The van der Waals surface area contributed by atoms with Crippen molar-refractivity contribution in [3.8, 4) is 0 Å². The van der Waals surface area contributed by atoms with E-state index in [1.54, 1.807) is 6.92 Å². The molecule has 2 atom stereocenters. The van der Waals surface area contributed by atoms with Crippen molar-refractivity contribution < 1.29 is 9.90 Å². The number of hydrogen-bond donors (Lipinski definition) is 1. The number of likely N-dealkylation sites (tertiary alicyclic amines) is 1. The first-order chi connectivity index (χ1) is 9.57.